The molecule has 48 heavy (non-hydrogen) atoms. The van der Waals surface area contributed by atoms with Gasteiger partial charge >= 0.3 is 0 Å². The van der Waals surface area contributed by atoms with Crippen LogP contribution in [0.15, 0.2) is 112 Å². The summed E-state index contributed by atoms with van der Waals surface area (Å²) in [5.74, 6) is -0.0339. The third-order valence-electron chi connectivity index (χ3n) is 7.92. The van der Waals surface area contributed by atoms with Crippen molar-refractivity contribution in [2.75, 3.05) is 13.2 Å². The predicted octanol–water partition coefficient (Wildman–Crippen LogP) is 7.02. The summed E-state index contributed by atoms with van der Waals surface area (Å²) in [5.41, 5.74) is 20.5. The average Bonchev–Trinajstić information content (AvgIpc) is 3.50. The molecule has 0 aliphatic carbocycles. The molecule has 0 saturated carbocycles. The van der Waals surface area contributed by atoms with Crippen LogP contribution in [0.5, 0.6) is 5.75 Å². The van der Waals surface area contributed by atoms with Gasteiger partial charge in [-0.25, -0.2) is 9.38 Å². The predicted molar refractivity (Wildman–Crippen MR) is 177 cm³/mol. The summed E-state index contributed by atoms with van der Waals surface area (Å²) < 4.78 is 26.0. The van der Waals surface area contributed by atoms with Gasteiger partial charge in [0.15, 0.2) is 11.6 Å². The number of aliphatic imine (C=N–C) groups is 1. The zero-order valence-corrected chi connectivity index (χ0v) is 25.9. The zero-order chi connectivity index (χ0) is 33.8. The Bertz CT molecular complexity index is 1860. The van der Waals surface area contributed by atoms with E-state index in [9.17, 15) is 9.18 Å². The van der Waals surface area contributed by atoms with Gasteiger partial charge in [0.1, 0.15) is 11.6 Å². The molecular weight excluding hydrogens is 615 g/mol. The van der Waals surface area contributed by atoms with Gasteiger partial charge in [-0.15, -0.1) is 0 Å². The second-order valence-electron chi connectivity index (χ2n) is 11.0. The molecule has 0 radical (unpaired) electrons. The van der Waals surface area contributed by atoms with Crippen LogP contribution in [0.2, 0.25) is 0 Å². The highest BCUT2D eigenvalue weighted by atomic mass is 19.1. The van der Waals surface area contributed by atoms with Crippen LogP contribution in [0.25, 0.3) is 20.9 Å². The molecule has 1 amide bonds. The van der Waals surface area contributed by atoms with Crippen LogP contribution < -0.4 is 10.1 Å². The monoisotopic (exact) mass is 648 g/mol. The van der Waals surface area contributed by atoms with Crippen LogP contribution >= 0.6 is 0 Å². The van der Waals surface area contributed by atoms with Crippen molar-refractivity contribution >= 4 is 11.8 Å². The molecule has 2 N–H and O–H groups in total. The fourth-order valence-electron chi connectivity index (χ4n) is 5.52. The van der Waals surface area contributed by atoms with Gasteiger partial charge in [-0.3, -0.25) is 4.79 Å². The van der Waals surface area contributed by atoms with E-state index in [-0.39, 0.29) is 38.6 Å². The Balaban J connectivity index is 1.64. The lowest BCUT2D eigenvalue weighted by Gasteiger charge is -2.32. The minimum Gasteiger partial charge on any atom is -0.494 e. The third kappa shape index (κ3) is 7.91. The van der Waals surface area contributed by atoms with Gasteiger partial charge in [0.2, 0.25) is 5.90 Å². The summed E-state index contributed by atoms with van der Waals surface area (Å²) >= 11 is 0. The van der Waals surface area contributed by atoms with E-state index in [2.05, 4.69) is 25.4 Å². The van der Waals surface area contributed by atoms with E-state index in [4.69, 9.17) is 30.6 Å². The molecule has 0 aromatic heterocycles. The lowest BCUT2D eigenvalue weighted by molar-refractivity contribution is -0.129. The van der Waals surface area contributed by atoms with Crippen LogP contribution in [0, 0.1) is 5.82 Å². The highest BCUT2D eigenvalue weighted by Gasteiger charge is 2.54. The topological polar surface area (TPSA) is 178 Å². The summed E-state index contributed by atoms with van der Waals surface area (Å²) in [6.07, 6.45) is -0.421. The third-order valence-corrected chi connectivity index (χ3v) is 7.92. The highest BCUT2D eigenvalue weighted by molar-refractivity contribution is 6.01. The number of nitrogens with one attached hydrogen (secondary N) is 1. The Morgan fingerprint density at radius 1 is 0.917 bits per heavy atom. The number of aliphatic hydroxyl groups excluding tert-OH is 1. The number of benzene rings is 4. The summed E-state index contributed by atoms with van der Waals surface area (Å²) in [5, 5.41) is 19.6. The van der Waals surface area contributed by atoms with Crippen molar-refractivity contribution in [1.82, 2.24) is 5.32 Å². The van der Waals surface area contributed by atoms with Gasteiger partial charge in [-0.2, -0.15) is 0 Å². The Kier molecular flexibility index (Phi) is 11.2. The van der Waals surface area contributed by atoms with Crippen molar-refractivity contribution in [2.45, 2.75) is 44.1 Å². The first-order chi connectivity index (χ1) is 23.5. The normalized spacial score (nSPS) is 16.5. The molecule has 244 valence electrons. The molecule has 4 aromatic carbocycles. The molecule has 0 bridgehead atoms. The molecule has 2 atom stereocenters. The molecule has 1 aliphatic rings. The van der Waals surface area contributed by atoms with Crippen LogP contribution in [-0.4, -0.2) is 35.7 Å². The fourth-order valence-corrected chi connectivity index (χ4v) is 5.52. The Morgan fingerprint density at radius 3 is 2.25 bits per heavy atom. The molecule has 0 unspecified atom stereocenters. The van der Waals surface area contributed by atoms with E-state index in [1.54, 1.807) is 42.5 Å². The van der Waals surface area contributed by atoms with E-state index in [0.29, 0.717) is 41.0 Å². The van der Waals surface area contributed by atoms with Crippen LogP contribution in [0.3, 0.4) is 0 Å². The van der Waals surface area contributed by atoms with Crippen molar-refractivity contribution in [1.29, 1.82) is 0 Å². The van der Waals surface area contributed by atoms with Crippen molar-refractivity contribution in [3.8, 4) is 5.75 Å². The number of rotatable bonds is 15. The number of carbonyl (C=O) groups excluding carboxylic acids is 1. The Morgan fingerprint density at radius 2 is 1.56 bits per heavy atom. The minimum absolute atomic E-state index is 0.0164. The largest absolute Gasteiger partial charge is 0.494 e. The van der Waals surface area contributed by atoms with Crippen LogP contribution in [0.1, 0.15) is 45.9 Å². The van der Waals surface area contributed by atoms with E-state index in [0.717, 1.165) is 11.1 Å². The summed E-state index contributed by atoms with van der Waals surface area (Å²) in [4.78, 5) is 25.5. The molecule has 4 aromatic rings. The van der Waals surface area contributed by atoms with Crippen LogP contribution in [-0.2, 0) is 35.6 Å². The van der Waals surface area contributed by atoms with Gasteiger partial charge in [-0.05, 0) is 75.3 Å². The molecule has 0 spiro atoms. The first-order valence-corrected chi connectivity index (χ1v) is 15.3. The number of hydrogen-bond donors (Lipinski definition) is 2. The van der Waals surface area contributed by atoms with Gasteiger partial charge in [0, 0.05) is 41.4 Å². The minimum atomic E-state index is -1.59. The highest BCUT2D eigenvalue weighted by Crippen LogP contribution is 2.44. The summed E-state index contributed by atoms with van der Waals surface area (Å²) in [7, 11) is 0. The first kappa shape index (κ1) is 33.5. The smallest absolute Gasteiger partial charge is 0.252 e. The maximum Gasteiger partial charge on any atom is 0.252 e. The number of ether oxygens (including phenoxy) is 2. The maximum atomic E-state index is 14.6. The standard InChI is InChI=1S/C35H33FN8O4/c36-29-14-10-24(11-15-29)21-39-34(46)35(20-26-6-1-2-7-27(26)22-40-43-37)32(31-9-4-3-8-28(31)23-41-44-38)48-33(42-35)25-12-16-30(17-13-25)47-19-5-18-45/h1-4,6-17,32,45H,5,18-23H2,(H,39,46)/t32-,35-/m1/s1. The van der Waals surface area contributed by atoms with Crippen molar-refractivity contribution < 1.29 is 23.8 Å². The fraction of sp³-hybridized carbons (Fsp3) is 0.257. The molecule has 0 fully saturated rings. The van der Waals surface area contributed by atoms with Gasteiger partial charge in [0.25, 0.3) is 5.91 Å². The van der Waals surface area contributed by atoms with Gasteiger partial charge < -0.3 is 19.9 Å². The Labute approximate surface area is 276 Å². The molecule has 1 heterocycles. The molecule has 5 rings (SSSR count). The second-order valence-corrected chi connectivity index (χ2v) is 11.0. The number of halogens is 1. The number of aliphatic hydroxyl groups is 1. The SMILES string of the molecule is [N-]=[N+]=NCc1ccccc1C[C@@]1(C(=O)NCc2ccc(F)cc2)N=C(c2ccc(OCCCO)cc2)O[C@@H]1c1ccccc1CN=[N+]=[N-]. The quantitative estimate of drug-likeness (QED) is 0.0609. The second kappa shape index (κ2) is 16.1. The zero-order valence-electron chi connectivity index (χ0n) is 25.9. The number of hydrogen-bond acceptors (Lipinski definition) is 7. The lowest BCUT2D eigenvalue weighted by Crippen LogP contribution is -2.50. The number of nitrogens with zero attached hydrogens (tertiary/aromatic N) is 7. The van der Waals surface area contributed by atoms with E-state index >= 15 is 0 Å². The van der Waals surface area contributed by atoms with Gasteiger partial charge in [0.05, 0.1) is 19.7 Å². The van der Waals surface area contributed by atoms with E-state index in [1.165, 1.54) is 12.1 Å². The first-order valence-electron chi connectivity index (χ1n) is 15.3. The molecule has 1 aliphatic heterocycles. The summed E-state index contributed by atoms with van der Waals surface area (Å²) in [6.45, 7) is 0.543. The molecular formula is C35H33FN8O4. The van der Waals surface area contributed by atoms with E-state index < -0.39 is 23.4 Å². The van der Waals surface area contributed by atoms with Crippen molar-refractivity contribution in [3.63, 3.8) is 0 Å². The summed E-state index contributed by atoms with van der Waals surface area (Å²) in [6, 6.07) is 27.5. The lowest BCUT2D eigenvalue weighted by atomic mass is 9.79. The number of amides is 1. The average molecular weight is 649 g/mol. The number of azide groups is 2. The van der Waals surface area contributed by atoms with E-state index in [1.807, 2.05) is 42.5 Å². The molecule has 0 saturated heterocycles. The van der Waals surface area contributed by atoms with Crippen LogP contribution in [0.4, 0.5) is 4.39 Å². The molecule has 13 heteroatoms. The maximum absolute atomic E-state index is 14.6. The molecule has 12 nitrogen and oxygen atoms in total. The van der Waals surface area contributed by atoms with Gasteiger partial charge in [-0.1, -0.05) is 70.9 Å². The number of carbonyl (C=O) groups is 1. The Hall–Kier alpha value is -5.87. The van der Waals surface area contributed by atoms with Crippen molar-refractivity contribution in [3.05, 3.63) is 157 Å². The van der Waals surface area contributed by atoms with Crippen molar-refractivity contribution in [2.24, 2.45) is 15.2 Å².